The van der Waals surface area contributed by atoms with Gasteiger partial charge in [-0.15, -0.1) is 0 Å². The summed E-state index contributed by atoms with van der Waals surface area (Å²) in [5.41, 5.74) is 1.18. The van der Waals surface area contributed by atoms with Gasteiger partial charge in [-0.2, -0.15) is 0 Å². The van der Waals surface area contributed by atoms with E-state index in [1.54, 1.807) is 4.90 Å². The molecule has 4 nitrogen and oxygen atoms in total. The number of carbonyl (C=O) groups is 2. The highest BCUT2D eigenvalue weighted by molar-refractivity contribution is 5.87. The van der Waals surface area contributed by atoms with Gasteiger partial charge in [-0.1, -0.05) is 51.1 Å². The quantitative estimate of drug-likeness (QED) is 0.760. The highest BCUT2D eigenvalue weighted by atomic mass is 16.2. The van der Waals surface area contributed by atoms with Crippen molar-refractivity contribution in [2.75, 3.05) is 6.54 Å². The first-order valence-corrected chi connectivity index (χ1v) is 8.67. The lowest BCUT2D eigenvalue weighted by Crippen LogP contribution is -2.51. The maximum atomic E-state index is 12.5. The monoisotopic (exact) mass is 318 g/mol. The molecule has 0 aliphatic rings. The topological polar surface area (TPSA) is 49.4 Å². The molecule has 2 amide bonds. The lowest BCUT2D eigenvalue weighted by atomic mass is 10.1. The second-order valence-electron chi connectivity index (χ2n) is 5.92. The Labute approximate surface area is 140 Å². The summed E-state index contributed by atoms with van der Waals surface area (Å²) in [6.45, 7) is 8.40. The van der Waals surface area contributed by atoms with Gasteiger partial charge in [0.25, 0.3) is 0 Å². The van der Waals surface area contributed by atoms with Crippen LogP contribution in [0.1, 0.15) is 52.5 Å². The molecule has 1 aromatic carbocycles. The van der Waals surface area contributed by atoms with Gasteiger partial charge in [0.15, 0.2) is 0 Å². The molecule has 1 aromatic rings. The Balaban J connectivity index is 2.81. The highest BCUT2D eigenvalue weighted by Gasteiger charge is 2.27. The van der Waals surface area contributed by atoms with Crippen molar-refractivity contribution in [3.8, 4) is 0 Å². The summed E-state index contributed by atoms with van der Waals surface area (Å²) in [5, 5.41) is 3.01. The largest absolute Gasteiger partial charge is 0.352 e. The van der Waals surface area contributed by atoms with Crippen LogP contribution in [0.3, 0.4) is 0 Å². The van der Waals surface area contributed by atoms with E-state index in [2.05, 4.69) is 17.4 Å². The summed E-state index contributed by atoms with van der Waals surface area (Å²) < 4.78 is 0. The lowest BCUT2D eigenvalue weighted by Gasteiger charge is -2.31. The number of hydrogen-bond donors (Lipinski definition) is 1. The van der Waals surface area contributed by atoms with E-state index >= 15 is 0 Å². The molecule has 0 aliphatic carbocycles. The highest BCUT2D eigenvalue weighted by Crippen LogP contribution is 2.11. The maximum absolute atomic E-state index is 12.5. The van der Waals surface area contributed by atoms with Crippen LogP contribution in [0.5, 0.6) is 0 Å². The van der Waals surface area contributed by atoms with Crippen LogP contribution in [0.2, 0.25) is 0 Å². The molecule has 0 aromatic heterocycles. The van der Waals surface area contributed by atoms with Crippen molar-refractivity contribution < 1.29 is 9.59 Å². The Morgan fingerprint density at radius 2 is 1.74 bits per heavy atom. The van der Waals surface area contributed by atoms with E-state index in [9.17, 15) is 9.59 Å². The number of nitrogens with one attached hydrogen (secondary N) is 1. The predicted octanol–water partition coefficient (Wildman–Crippen LogP) is 3.16. The van der Waals surface area contributed by atoms with Crippen molar-refractivity contribution >= 4 is 11.8 Å². The van der Waals surface area contributed by atoms with Crippen LogP contribution >= 0.6 is 0 Å². The first-order chi connectivity index (χ1) is 11.0. The van der Waals surface area contributed by atoms with Crippen molar-refractivity contribution in [3.05, 3.63) is 35.9 Å². The number of rotatable bonds is 9. The van der Waals surface area contributed by atoms with Gasteiger partial charge in [0.1, 0.15) is 6.04 Å². The molecule has 23 heavy (non-hydrogen) atoms. The number of benzene rings is 1. The van der Waals surface area contributed by atoms with E-state index in [-0.39, 0.29) is 23.9 Å². The molecule has 2 atom stereocenters. The fourth-order valence-electron chi connectivity index (χ4n) is 2.54. The van der Waals surface area contributed by atoms with E-state index in [4.69, 9.17) is 0 Å². The molecular weight excluding hydrogens is 288 g/mol. The van der Waals surface area contributed by atoms with E-state index < -0.39 is 0 Å². The average molecular weight is 318 g/mol. The Hall–Kier alpha value is -1.84. The van der Waals surface area contributed by atoms with Gasteiger partial charge in [0.05, 0.1) is 0 Å². The van der Waals surface area contributed by atoms with Crippen LogP contribution < -0.4 is 5.32 Å². The Kier molecular flexibility index (Phi) is 8.38. The van der Waals surface area contributed by atoms with Crippen LogP contribution in [-0.4, -0.2) is 35.3 Å². The van der Waals surface area contributed by atoms with E-state index in [0.29, 0.717) is 19.4 Å². The number of hydrogen-bond acceptors (Lipinski definition) is 2. The van der Waals surface area contributed by atoms with Crippen LogP contribution in [0.25, 0.3) is 0 Å². The van der Waals surface area contributed by atoms with Crippen molar-refractivity contribution in [2.45, 2.75) is 65.5 Å². The molecule has 0 fully saturated rings. The summed E-state index contributed by atoms with van der Waals surface area (Å²) in [6.07, 6.45) is 2.69. The molecule has 1 N–H and O–H groups in total. The molecule has 0 bridgehead atoms. The van der Waals surface area contributed by atoms with Gasteiger partial charge in [-0.3, -0.25) is 9.59 Å². The third-order valence-corrected chi connectivity index (χ3v) is 4.17. The van der Waals surface area contributed by atoms with Crippen LogP contribution in [-0.2, 0) is 16.0 Å². The number of nitrogens with zero attached hydrogens (tertiary/aromatic N) is 1. The zero-order valence-corrected chi connectivity index (χ0v) is 14.8. The summed E-state index contributed by atoms with van der Waals surface area (Å²) in [4.78, 5) is 26.6. The van der Waals surface area contributed by atoms with E-state index in [0.717, 1.165) is 12.8 Å². The summed E-state index contributed by atoms with van der Waals surface area (Å²) in [5.74, 6) is -0.0104. The van der Waals surface area contributed by atoms with Crippen LogP contribution in [0, 0.1) is 0 Å². The molecule has 0 saturated carbocycles. The molecule has 0 aliphatic heterocycles. The SMILES string of the molecule is CCC(=O)N(CCc1ccccc1)[C@H](CC)C(=O)N[C@H](C)CC. The van der Waals surface area contributed by atoms with Gasteiger partial charge in [-0.05, 0) is 31.7 Å². The molecule has 0 unspecified atom stereocenters. The standard InChI is InChI=1S/C19H30N2O2/c1-5-15(4)20-19(23)17(6-2)21(18(22)7-3)14-13-16-11-9-8-10-12-16/h8-12,15,17H,5-7,13-14H2,1-4H3,(H,20,23)/t15-,17-/m1/s1. The molecule has 4 heteroatoms. The first kappa shape index (κ1) is 19.2. The zero-order valence-electron chi connectivity index (χ0n) is 14.8. The average Bonchev–Trinajstić information content (AvgIpc) is 2.58. The number of carbonyl (C=O) groups excluding carboxylic acids is 2. The van der Waals surface area contributed by atoms with Crippen molar-refractivity contribution in [3.63, 3.8) is 0 Å². The Morgan fingerprint density at radius 1 is 1.09 bits per heavy atom. The normalized spacial score (nSPS) is 13.2. The summed E-state index contributed by atoms with van der Waals surface area (Å²) in [7, 11) is 0. The molecule has 0 heterocycles. The zero-order chi connectivity index (χ0) is 17.2. The van der Waals surface area contributed by atoms with Gasteiger partial charge in [0, 0.05) is 19.0 Å². The van der Waals surface area contributed by atoms with Crippen LogP contribution in [0.15, 0.2) is 30.3 Å². The molecule has 0 saturated heterocycles. The fourth-order valence-corrected chi connectivity index (χ4v) is 2.54. The van der Waals surface area contributed by atoms with Crippen LogP contribution in [0.4, 0.5) is 0 Å². The third-order valence-electron chi connectivity index (χ3n) is 4.17. The lowest BCUT2D eigenvalue weighted by molar-refractivity contribution is -0.140. The molecule has 0 radical (unpaired) electrons. The summed E-state index contributed by atoms with van der Waals surface area (Å²) in [6, 6.07) is 9.81. The van der Waals surface area contributed by atoms with Gasteiger partial charge >= 0.3 is 0 Å². The minimum Gasteiger partial charge on any atom is -0.352 e. The molecule has 0 spiro atoms. The first-order valence-electron chi connectivity index (χ1n) is 8.67. The summed E-state index contributed by atoms with van der Waals surface area (Å²) >= 11 is 0. The second-order valence-corrected chi connectivity index (χ2v) is 5.92. The van der Waals surface area contributed by atoms with Gasteiger partial charge in [-0.25, -0.2) is 0 Å². The molecule has 1 rings (SSSR count). The van der Waals surface area contributed by atoms with E-state index in [1.165, 1.54) is 5.56 Å². The van der Waals surface area contributed by atoms with Gasteiger partial charge < -0.3 is 10.2 Å². The van der Waals surface area contributed by atoms with E-state index in [1.807, 2.05) is 45.9 Å². The maximum Gasteiger partial charge on any atom is 0.243 e. The minimum atomic E-state index is -0.389. The molecular formula is C19H30N2O2. The second kappa shape index (κ2) is 10.0. The smallest absolute Gasteiger partial charge is 0.243 e. The minimum absolute atomic E-state index is 0.0343. The van der Waals surface area contributed by atoms with Gasteiger partial charge in [0.2, 0.25) is 11.8 Å². The Bertz CT molecular complexity index is 487. The fraction of sp³-hybridized carbons (Fsp3) is 0.579. The van der Waals surface area contributed by atoms with Crippen molar-refractivity contribution in [1.82, 2.24) is 10.2 Å². The third kappa shape index (κ3) is 6.05. The van der Waals surface area contributed by atoms with Crippen molar-refractivity contribution in [1.29, 1.82) is 0 Å². The molecule has 128 valence electrons. The van der Waals surface area contributed by atoms with Crippen molar-refractivity contribution in [2.24, 2.45) is 0 Å². The number of amides is 2. The Morgan fingerprint density at radius 3 is 2.26 bits per heavy atom. The predicted molar refractivity (Wildman–Crippen MR) is 94.1 cm³/mol.